The normalized spacial score (nSPS) is 20.0. The van der Waals surface area contributed by atoms with Crippen molar-refractivity contribution in [1.82, 2.24) is 0 Å². The van der Waals surface area contributed by atoms with Crippen molar-refractivity contribution in [3.8, 4) is 0 Å². The molecule has 1 saturated heterocycles. The van der Waals surface area contributed by atoms with E-state index < -0.39 is 13.2 Å². The van der Waals surface area contributed by atoms with Crippen molar-refractivity contribution in [2.24, 2.45) is 0 Å². The fraction of sp³-hybridized carbons (Fsp3) is 0.435. The topological polar surface area (TPSA) is 54.0 Å². The summed E-state index contributed by atoms with van der Waals surface area (Å²) in [6, 6.07) is 19.7. The van der Waals surface area contributed by atoms with Gasteiger partial charge >= 0.3 is 7.12 Å². The third-order valence-corrected chi connectivity index (χ3v) is 4.98. The maximum Gasteiger partial charge on any atom is 0.494 e. The van der Waals surface area contributed by atoms with Crippen LogP contribution in [0.5, 0.6) is 0 Å². The van der Waals surface area contributed by atoms with Gasteiger partial charge in [-0.15, -0.1) is 0 Å². The molecule has 3 rings (SSSR count). The minimum absolute atomic E-state index is 0.0241. The molecule has 1 heterocycles. The highest BCUT2D eigenvalue weighted by atomic mass is 16.7. The molecule has 1 aliphatic rings. The van der Waals surface area contributed by atoms with Crippen molar-refractivity contribution in [2.45, 2.75) is 58.0 Å². The Labute approximate surface area is 173 Å². The van der Waals surface area contributed by atoms with Gasteiger partial charge < -0.3 is 18.8 Å². The van der Waals surface area contributed by atoms with Crippen LogP contribution in [-0.4, -0.2) is 38.0 Å². The largest absolute Gasteiger partial charge is 0.494 e. The molecule has 1 fully saturated rings. The van der Waals surface area contributed by atoms with E-state index in [2.05, 4.69) is 6.92 Å². The molecule has 5 nitrogen and oxygen atoms in total. The second-order valence-electron chi connectivity index (χ2n) is 7.35. The second kappa shape index (κ2) is 11.3. The molecule has 2 aromatic rings. The van der Waals surface area contributed by atoms with Gasteiger partial charge in [-0.1, -0.05) is 74.0 Å². The molecule has 154 valence electrons. The van der Waals surface area contributed by atoms with E-state index in [9.17, 15) is 4.79 Å². The molecule has 0 saturated carbocycles. The first kappa shape index (κ1) is 21.7. The molecule has 6 heteroatoms. The van der Waals surface area contributed by atoms with E-state index in [0.29, 0.717) is 13.0 Å². The lowest BCUT2D eigenvalue weighted by atomic mass is 9.79. The van der Waals surface area contributed by atoms with Crippen molar-refractivity contribution in [1.29, 1.82) is 0 Å². The van der Waals surface area contributed by atoms with Crippen LogP contribution in [0.2, 0.25) is 0 Å². The summed E-state index contributed by atoms with van der Waals surface area (Å²) >= 11 is 0. The summed E-state index contributed by atoms with van der Waals surface area (Å²) < 4.78 is 23.7. The molecule has 2 aromatic carbocycles. The molecule has 0 spiro atoms. The summed E-state index contributed by atoms with van der Waals surface area (Å²) in [6.45, 7) is 4.38. The van der Waals surface area contributed by atoms with Gasteiger partial charge in [-0.25, -0.2) is 0 Å². The van der Waals surface area contributed by atoms with Crippen molar-refractivity contribution < 1.29 is 23.6 Å². The SMILES string of the molecule is CCC[C@H](C[C@@H]1OB(c2ccccc2)O[C@H]1C(C)=O)OCOCc1ccccc1. The van der Waals surface area contributed by atoms with Gasteiger partial charge in [0.05, 0.1) is 18.8 Å². The van der Waals surface area contributed by atoms with Crippen LogP contribution in [0.4, 0.5) is 0 Å². The second-order valence-corrected chi connectivity index (χ2v) is 7.35. The number of hydrogen-bond acceptors (Lipinski definition) is 5. The van der Waals surface area contributed by atoms with Crippen molar-refractivity contribution in [2.75, 3.05) is 6.79 Å². The average Bonchev–Trinajstić information content (AvgIpc) is 3.17. The van der Waals surface area contributed by atoms with Crippen molar-refractivity contribution in [3.63, 3.8) is 0 Å². The standard InChI is InChI=1S/C23H29BO5/c1-3-10-21(27-17-26-16-19-11-6-4-7-12-19)15-22-23(18(2)25)29-24(28-22)20-13-8-5-9-14-20/h4-9,11-14,21-23H,3,10,15-17H2,1-2H3/t21-,22+,23+/m1/s1. The molecular formula is C23H29BO5. The van der Waals surface area contributed by atoms with Crippen LogP contribution in [0.1, 0.15) is 38.7 Å². The van der Waals surface area contributed by atoms with Crippen molar-refractivity contribution >= 4 is 18.4 Å². The molecule has 0 radical (unpaired) electrons. The number of hydrogen-bond donors (Lipinski definition) is 0. The highest BCUT2D eigenvalue weighted by Crippen LogP contribution is 2.24. The fourth-order valence-electron chi connectivity index (χ4n) is 3.52. The van der Waals surface area contributed by atoms with Crippen LogP contribution in [-0.2, 0) is 30.2 Å². The first-order valence-electron chi connectivity index (χ1n) is 10.3. The smallest absolute Gasteiger partial charge is 0.401 e. The summed E-state index contributed by atoms with van der Waals surface area (Å²) in [6.07, 6.45) is 1.48. The number of carbonyl (C=O) groups excluding carboxylic acids is 1. The zero-order valence-electron chi connectivity index (χ0n) is 17.2. The molecule has 0 amide bonds. The Balaban J connectivity index is 1.54. The number of Topliss-reactive ketones (excluding diaryl/α,β-unsaturated/α-hetero) is 1. The first-order valence-corrected chi connectivity index (χ1v) is 10.3. The quantitative estimate of drug-likeness (QED) is 0.331. The Morgan fingerprint density at radius 3 is 2.41 bits per heavy atom. The van der Waals surface area contributed by atoms with Crippen molar-refractivity contribution in [3.05, 3.63) is 66.2 Å². The van der Waals surface area contributed by atoms with Gasteiger partial charge in [0.1, 0.15) is 12.9 Å². The van der Waals surface area contributed by atoms with E-state index in [1.807, 2.05) is 60.7 Å². The number of ketones is 1. The Kier molecular flexibility index (Phi) is 8.44. The van der Waals surface area contributed by atoms with Crippen LogP contribution >= 0.6 is 0 Å². The van der Waals surface area contributed by atoms with Gasteiger partial charge in [-0.3, -0.25) is 4.79 Å². The van der Waals surface area contributed by atoms with Gasteiger partial charge in [0.25, 0.3) is 0 Å². The van der Waals surface area contributed by atoms with Crippen LogP contribution in [0.3, 0.4) is 0 Å². The van der Waals surface area contributed by atoms with Crippen LogP contribution in [0, 0.1) is 0 Å². The molecule has 0 unspecified atom stereocenters. The molecule has 0 aliphatic carbocycles. The number of benzene rings is 2. The summed E-state index contributed by atoms with van der Waals surface area (Å²) in [5.41, 5.74) is 2.03. The maximum atomic E-state index is 12.1. The average molecular weight is 396 g/mol. The number of rotatable bonds is 11. The van der Waals surface area contributed by atoms with Crippen LogP contribution in [0.25, 0.3) is 0 Å². The van der Waals surface area contributed by atoms with E-state index in [1.54, 1.807) is 6.92 Å². The Morgan fingerprint density at radius 1 is 1.07 bits per heavy atom. The summed E-state index contributed by atoms with van der Waals surface area (Å²) in [5.74, 6) is -0.0241. The van der Waals surface area contributed by atoms with Gasteiger partial charge in [0, 0.05) is 6.42 Å². The molecule has 0 aromatic heterocycles. The molecule has 3 atom stereocenters. The molecule has 1 aliphatic heterocycles. The maximum absolute atomic E-state index is 12.1. The number of ether oxygens (including phenoxy) is 2. The van der Waals surface area contributed by atoms with E-state index in [1.165, 1.54) is 0 Å². The Hall–Kier alpha value is -1.99. The van der Waals surface area contributed by atoms with E-state index in [4.69, 9.17) is 18.8 Å². The van der Waals surface area contributed by atoms with Gasteiger partial charge in [-0.05, 0) is 24.4 Å². The van der Waals surface area contributed by atoms with E-state index in [-0.39, 0.29) is 24.8 Å². The third kappa shape index (κ3) is 6.51. The minimum Gasteiger partial charge on any atom is -0.401 e. The lowest BCUT2D eigenvalue weighted by molar-refractivity contribution is -0.127. The molecule has 0 N–H and O–H groups in total. The predicted molar refractivity (Wildman–Crippen MR) is 113 cm³/mol. The zero-order chi connectivity index (χ0) is 20.5. The summed E-state index contributed by atoms with van der Waals surface area (Å²) in [7, 11) is -0.522. The monoisotopic (exact) mass is 396 g/mol. The zero-order valence-corrected chi connectivity index (χ0v) is 17.2. The number of carbonyl (C=O) groups is 1. The van der Waals surface area contributed by atoms with Gasteiger partial charge in [0.15, 0.2) is 5.78 Å². The molecular weight excluding hydrogens is 367 g/mol. The van der Waals surface area contributed by atoms with Crippen LogP contribution in [0.15, 0.2) is 60.7 Å². The lowest BCUT2D eigenvalue weighted by Crippen LogP contribution is -2.33. The highest BCUT2D eigenvalue weighted by molar-refractivity contribution is 6.62. The Bertz CT molecular complexity index is 739. The van der Waals surface area contributed by atoms with E-state index >= 15 is 0 Å². The van der Waals surface area contributed by atoms with Gasteiger partial charge in [0.2, 0.25) is 0 Å². The van der Waals surface area contributed by atoms with Gasteiger partial charge in [-0.2, -0.15) is 0 Å². The van der Waals surface area contributed by atoms with E-state index in [0.717, 1.165) is 23.9 Å². The summed E-state index contributed by atoms with van der Waals surface area (Å²) in [4.78, 5) is 12.1. The fourth-order valence-corrected chi connectivity index (χ4v) is 3.52. The third-order valence-electron chi connectivity index (χ3n) is 4.98. The minimum atomic E-state index is -0.576. The highest BCUT2D eigenvalue weighted by Gasteiger charge is 2.43. The Morgan fingerprint density at radius 2 is 1.76 bits per heavy atom. The van der Waals surface area contributed by atoms with Crippen LogP contribution < -0.4 is 5.46 Å². The molecule has 0 bridgehead atoms. The first-order chi connectivity index (χ1) is 14.2. The summed E-state index contributed by atoms with van der Waals surface area (Å²) in [5, 5.41) is 0. The lowest BCUT2D eigenvalue weighted by Gasteiger charge is -2.23. The molecule has 29 heavy (non-hydrogen) atoms. The predicted octanol–water partition coefficient (Wildman–Crippen LogP) is 3.50.